The van der Waals surface area contributed by atoms with E-state index in [0.717, 1.165) is 25.9 Å². The Hall–Kier alpha value is -1.84. The minimum absolute atomic E-state index is 0. The van der Waals surface area contributed by atoms with Gasteiger partial charge < -0.3 is 10.2 Å². The largest absolute Gasteiger partial charge is 0.334 e. The van der Waals surface area contributed by atoms with Gasteiger partial charge in [-0.2, -0.15) is 0 Å². The van der Waals surface area contributed by atoms with Crippen LogP contribution in [0.1, 0.15) is 30.4 Å². The summed E-state index contributed by atoms with van der Waals surface area (Å²) < 4.78 is 0. The van der Waals surface area contributed by atoms with Crippen LogP contribution in [-0.2, 0) is 17.9 Å². The molecule has 0 spiro atoms. The molecule has 0 atom stereocenters. The molecule has 0 radical (unpaired) electrons. The molecule has 2 aromatic carbocycles. The van der Waals surface area contributed by atoms with Crippen LogP contribution in [0.5, 0.6) is 0 Å². The molecule has 1 amide bonds. The minimum Gasteiger partial charge on any atom is -0.334 e. The average molecular weight is 359 g/mol. The third-order valence-electron chi connectivity index (χ3n) is 4.71. The first kappa shape index (κ1) is 19.5. The van der Waals surface area contributed by atoms with Crippen molar-refractivity contribution in [3.05, 3.63) is 71.8 Å². The Balaban J connectivity index is 0.00000225. The quantitative estimate of drug-likeness (QED) is 0.845. The van der Waals surface area contributed by atoms with E-state index in [9.17, 15) is 4.79 Å². The maximum absolute atomic E-state index is 12.9. The van der Waals surface area contributed by atoms with Gasteiger partial charge in [0, 0.05) is 19.5 Å². The summed E-state index contributed by atoms with van der Waals surface area (Å²) in [6, 6.07) is 20.5. The van der Waals surface area contributed by atoms with Crippen molar-refractivity contribution in [3.63, 3.8) is 0 Å². The number of amides is 1. The van der Waals surface area contributed by atoms with Crippen LogP contribution in [0, 0.1) is 5.92 Å². The van der Waals surface area contributed by atoms with Gasteiger partial charge in [0.2, 0.25) is 5.91 Å². The molecule has 0 unspecified atom stereocenters. The zero-order chi connectivity index (χ0) is 16.6. The summed E-state index contributed by atoms with van der Waals surface area (Å²) in [5.74, 6) is 0.794. The second-order valence-electron chi connectivity index (χ2n) is 6.62. The molecule has 1 aliphatic rings. The molecule has 1 heterocycles. The maximum Gasteiger partial charge on any atom is 0.223 e. The lowest BCUT2D eigenvalue weighted by Gasteiger charge is -2.27. The number of hydrogen-bond acceptors (Lipinski definition) is 2. The SMILES string of the molecule is Cl.O=C(CC1CCNCC1)N(Cc1ccccc1)Cc1ccccc1. The van der Waals surface area contributed by atoms with E-state index in [0.29, 0.717) is 25.4 Å². The topological polar surface area (TPSA) is 32.3 Å². The molecule has 134 valence electrons. The molecule has 1 saturated heterocycles. The average Bonchev–Trinajstić information content (AvgIpc) is 2.64. The Kier molecular flexibility index (Phi) is 7.96. The van der Waals surface area contributed by atoms with Crippen molar-refractivity contribution in [2.24, 2.45) is 5.92 Å². The van der Waals surface area contributed by atoms with Crippen molar-refractivity contribution < 1.29 is 4.79 Å². The number of halogens is 1. The number of rotatable bonds is 6. The fraction of sp³-hybridized carbons (Fsp3) is 0.381. The van der Waals surface area contributed by atoms with Crippen molar-refractivity contribution >= 4 is 18.3 Å². The van der Waals surface area contributed by atoms with E-state index in [2.05, 4.69) is 29.6 Å². The van der Waals surface area contributed by atoms with Gasteiger partial charge in [-0.25, -0.2) is 0 Å². The van der Waals surface area contributed by atoms with E-state index in [4.69, 9.17) is 0 Å². The van der Waals surface area contributed by atoms with Crippen LogP contribution in [0.15, 0.2) is 60.7 Å². The predicted molar refractivity (Wildman–Crippen MR) is 105 cm³/mol. The summed E-state index contributed by atoms with van der Waals surface area (Å²) in [6.07, 6.45) is 2.88. The summed E-state index contributed by atoms with van der Waals surface area (Å²) >= 11 is 0. The van der Waals surface area contributed by atoms with E-state index < -0.39 is 0 Å². The summed E-state index contributed by atoms with van der Waals surface area (Å²) in [7, 11) is 0. The van der Waals surface area contributed by atoms with E-state index in [-0.39, 0.29) is 18.3 Å². The Morgan fingerprint density at radius 3 is 1.84 bits per heavy atom. The van der Waals surface area contributed by atoms with E-state index in [1.54, 1.807) is 0 Å². The number of hydrogen-bond donors (Lipinski definition) is 1. The van der Waals surface area contributed by atoms with Crippen LogP contribution >= 0.6 is 12.4 Å². The van der Waals surface area contributed by atoms with Crippen LogP contribution in [0.4, 0.5) is 0 Å². The predicted octanol–water partition coefficient (Wildman–Crippen LogP) is 4.03. The molecule has 3 nitrogen and oxygen atoms in total. The fourth-order valence-corrected chi connectivity index (χ4v) is 3.30. The lowest BCUT2D eigenvalue weighted by molar-refractivity contribution is -0.133. The lowest BCUT2D eigenvalue weighted by Crippen LogP contribution is -2.34. The third kappa shape index (κ3) is 6.18. The Morgan fingerprint density at radius 2 is 1.36 bits per heavy atom. The van der Waals surface area contributed by atoms with Crippen molar-refractivity contribution in [1.82, 2.24) is 10.2 Å². The summed E-state index contributed by atoms with van der Waals surface area (Å²) in [6.45, 7) is 3.43. The van der Waals surface area contributed by atoms with Gasteiger partial charge in [0.1, 0.15) is 0 Å². The Bertz CT molecular complexity index is 585. The number of carbonyl (C=O) groups excluding carboxylic acids is 1. The molecule has 0 aliphatic carbocycles. The molecular formula is C21H27ClN2O. The molecular weight excluding hydrogens is 332 g/mol. The lowest BCUT2D eigenvalue weighted by atomic mass is 9.94. The van der Waals surface area contributed by atoms with Crippen molar-refractivity contribution in [2.75, 3.05) is 13.1 Å². The van der Waals surface area contributed by atoms with Crippen LogP contribution in [0.2, 0.25) is 0 Å². The highest BCUT2D eigenvalue weighted by atomic mass is 35.5. The number of nitrogens with one attached hydrogen (secondary N) is 1. The smallest absolute Gasteiger partial charge is 0.223 e. The first-order valence-corrected chi connectivity index (χ1v) is 8.87. The van der Waals surface area contributed by atoms with Gasteiger partial charge in [0.15, 0.2) is 0 Å². The molecule has 0 saturated carbocycles. The van der Waals surface area contributed by atoms with E-state index in [1.807, 2.05) is 41.3 Å². The molecule has 25 heavy (non-hydrogen) atoms. The molecule has 2 aromatic rings. The highest BCUT2D eigenvalue weighted by molar-refractivity contribution is 5.85. The summed E-state index contributed by atoms with van der Waals surface area (Å²) in [5.41, 5.74) is 2.37. The van der Waals surface area contributed by atoms with Gasteiger partial charge in [-0.05, 0) is 43.0 Å². The van der Waals surface area contributed by atoms with Crippen molar-refractivity contribution in [1.29, 1.82) is 0 Å². The van der Waals surface area contributed by atoms with Gasteiger partial charge in [-0.1, -0.05) is 60.7 Å². The Morgan fingerprint density at radius 1 is 0.880 bits per heavy atom. The molecule has 4 heteroatoms. The van der Waals surface area contributed by atoms with Gasteiger partial charge >= 0.3 is 0 Å². The molecule has 0 bridgehead atoms. The van der Waals surface area contributed by atoms with Crippen LogP contribution in [0.3, 0.4) is 0 Å². The Labute approximate surface area is 156 Å². The number of nitrogens with zero attached hydrogens (tertiary/aromatic N) is 1. The zero-order valence-electron chi connectivity index (χ0n) is 14.6. The van der Waals surface area contributed by atoms with Gasteiger partial charge in [0.25, 0.3) is 0 Å². The number of benzene rings is 2. The van der Waals surface area contributed by atoms with Crippen LogP contribution in [-0.4, -0.2) is 23.9 Å². The molecule has 3 rings (SSSR count). The molecule has 1 fully saturated rings. The standard InChI is InChI=1S/C21H26N2O.ClH/c24-21(15-18-11-13-22-14-12-18)23(16-19-7-3-1-4-8-19)17-20-9-5-2-6-10-20;/h1-10,18,22H,11-17H2;1H. The highest BCUT2D eigenvalue weighted by Crippen LogP contribution is 2.19. The number of carbonyl (C=O) groups is 1. The first-order valence-electron chi connectivity index (χ1n) is 8.87. The van der Waals surface area contributed by atoms with Gasteiger partial charge in [-0.15, -0.1) is 12.4 Å². The monoisotopic (exact) mass is 358 g/mol. The van der Waals surface area contributed by atoms with Crippen LogP contribution < -0.4 is 5.32 Å². The summed E-state index contributed by atoms with van der Waals surface area (Å²) in [5, 5.41) is 3.37. The minimum atomic E-state index is 0. The first-order chi connectivity index (χ1) is 11.8. The normalized spacial score (nSPS) is 14.6. The molecule has 1 aliphatic heterocycles. The second-order valence-corrected chi connectivity index (χ2v) is 6.62. The number of piperidine rings is 1. The third-order valence-corrected chi connectivity index (χ3v) is 4.71. The van der Waals surface area contributed by atoms with E-state index in [1.165, 1.54) is 11.1 Å². The van der Waals surface area contributed by atoms with Crippen molar-refractivity contribution in [2.45, 2.75) is 32.4 Å². The van der Waals surface area contributed by atoms with E-state index >= 15 is 0 Å². The van der Waals surface area contributed by atoms with Crippen LogP contribution in [0.25, 0.3) is 0 Å². The van der Waals surface area contributed by atoms with Gasteiger partial charge in [0.05, 0.1) is 0 Å². The highest BCUT2D eigenvalue weighted by Gasteiger charge is 2.21. The van der Waals surface area contributed by atoms with Gasteiger partial charge in [-0.3, -0.25) is 4.79 Å². The second kappa shape index (κ2) is 10.2. The summed E-state index contributed by atoms with van der Waals surface area (Å²) in [4.78, 5) is 14.9. The zero-order valence-corrected chi connectivity index (χ0v) is 15.4. The maximum atomic E-state index is 12.9. The molecule has 0 aromatic heterocycles. The molecule has 1 N–H and O–H groups in total. The van der Waals surface area contributed by atoms with Crippen molar-refractivity contribution in [3.8, 4) is 0 Å². The fourth-order valence-electron chi connectivity index (χ4n) is 3.30.